The van der Waals surface area contributed by atoms with Crippen molar-refractivity contribution in [1.82, 2.24) is 14.9 Å². The standard InChI is InChI=1S/C20H25N3O5S/c1-13-7-8-14(2)17(11-13)29(27,28)22-10-9-21-18(24)12-23-19(25)15-5-3-4-6-16(15)20(23)26/h3-4,7-8,11,15-16,22H,5-6,9-10,12H2,1-2H3,(H,21,24). The molecule has 1 aromatic rings. The van der Waals surface area contributed by atoms with Crippen LogP contribution in [0.4, 0.5) is 0 Å². The summed E-state index contributed by atoms with van der Waals surface area (Å²) in [6, 6.07) is 5.17. The molecule has 1 aliphatic carbocycles. The van der Waals surface area contributed by atoms with Crippen molar-refractivity contribution in [3.8, 4) is 0 Å². The summed E-state index contributed by atoms with van der Waals surface area (Å²) in [4.78, 5) is 38.1. The molecule has 2 aliphatic rings. The van der Waals surface area contributed by atoms with Crippen molar-refractivity contribution in [3.05, 3.63) is 41.5 Å². The lowest BCUT2D eigenvalue weighted by atomic mass is 9.85. The van der Waals surface area contributed by atoms with Crippen LogP contribution < -0.4 is 10.0 Å². The molecule has 0 radical (unpaired) electrons. The van der Waals surface area contributed by atoms with E-state index in [-0.39, 0.29) is 48.2 Å². The fourth-order valence-electron chi connectivity index (χ4n) is 3.69. The molecule has 2 unspecified atom stereocenters. The van der Waals surface area contributed by atoms with Gasteiger partial charge in [-0.05, 0) is 43.9 Å². The van der Waals surface area contributed by atoms with E-state index in [1.54, 1.807) is 19.1 Å². The predicted molar refractivity (Wildman–Crippen MR) is 106 cm³/mol. The second kappa shape index (κ2) is 8.46. The topological polar surface area (TPSA) is 113 Å². The zero-order chi connectivity index (χ0) is 21.2. The number of aryl methyl sites for hydroxylation is 2. The molecule has 0 saturated carbocycles. The molecule has 0 aromatic heterocycles. The smallest absolute Gasteiger partial charge is 0.240 e. The predicted octanol–water partition coefficient (Wildman–Crippen LogP) is 0.649. The van der Waals surface area contributed by atoms with Crippen LogP contribution in [0, 0.1) is 25.7 Å². The third kappa shape index (κ3) is 4.56. The number of nitrogens with zero attached hydrogens (tertiary/aromatic N) is 1. The Kier molecular flexibility index (Phi) is 6.18. The van der Waals surface area contributed by atoms with Gasteiger partial charge in [-0.15, -0.1) is 0 Å². The molecule has 9 heteroatoms. The average molecular weight is 420 g/mol. The lowest BCUT2D eigenvalue weighted by Crippen LogP contribution is -2.43. The van der Waals surface area contributed by atoms with Gasteiger partial charge in [0.05, 0.1) is 16.7 Å². The van der Waals surface area contributed by atoms with Crippen LogP contribution in [0.15, 0.2) is 35.2 Å². The third-order valence-electron chi connectivity index (χ3n) is 5.27. The number of amides is 3. The minimum Gasteiger partial charge on any atom is -0.353 e. The Balaban J connectivity index is 1.49. The molecule has 1 saturated heterocycles. The Labute approximate surface area is 170 Å². The Hall–Kier alpha value is -2.52. The zero-order valence-corrected chi connectivity index (χ0v) is 17.3. The summed E-state index contributed by atoms with van der Waals surface area (Å²) in [6.07, 6.45) is 4.82. The van der Waals surface area contributed by atoms with Crippen LogP contribution in [0.25, 0.3) is 0 Å². The number of fused-ring (bicyclic) bond motifs is 1. The number of carbonyl (C=O) groups is 3. The number of hydrogen-bond acceptors (Lipinski definition) is 5. The first kappa shape index (κ1) is 21.2. The number of carbonyl (C=O) groups excluding carboxylic acids is 3. The maximum absolute atomic E-state index is 12.4. The molecule has 1 fully saturated rings. The Bertz CT molecular complexity index is 944. The quantitative estimate of drug-likeness (QED) is 0.383. The number of likely N-dealkylation sites (tertiary alicyclic amines) is 1. The number of imide groups is 1. The van der Waals surface area contributed by atoms with E-state index >= 15 is 0 Å². The van der Waals surface area contributed by atoms with E-state index < -0.39 is 15.9 Å². The summed E-state index contributed by atoms with van der Waals surface area (Å²) in [7, 11) is -3.69. The fourth-order valence-corrected chi connectivity index (χ4v) is 5.05. The van der Waals surface area contributed by atoms with E-state index in [0.717, 1.165) is 10.5 Å². The molecule has 3 rings (SSSR count). The molecule has 3 amide bonds. The second-order valence-corrected chi connectivity index (χ2v) is 9.17. The molecule has 2 N–H and O–H groups in total. The number of allylic oxidation sites excluding steroid dienone is 2. The van der Waals surface area contributed by atoms with Crippen LogP contribution >= 0.6 is 0 Å². The van der Waals surface area contributed by atoms with E-state index in [4.69, 9.17) is 0 Å². The first-order valence-electron chi connectivity index (χ1n) is 9.54. The van der Waals surface area contributed by atoms with E-state index in [1.165, 1.54) is 0 Å². The normalized spacial score (nSPS) is 21.4. The highest BCUT2D eigenvalue weighted by molar-refractivity contribution is 7.89. The van der Waals surface area contributed by atoms with Gasteiger partial charge in [-0.25, -0.2) is 13.1 Å². The first-order valence-corrected chi connectivity index (χ1v) is 11.0. The molecule has 156 valence electrons. The number of sulfonamides is 1. The zero-order valence-electron chi connectivity index (χ0n) is 16.5. The van der Waals surface area contributed by atoms with Gasteiger partial charge in [-0.1, -0.05) is 24.3 Å². The second-order valence-electron chi connectivity index (χ2n) is 7.44. The van der Waals surface area contributed by atoms with Crippen LogP contribution in [0.5, 0.6) is 0 Å². The van der Waals surface area contributed by atoms with Crippen LogP contribution in [0.3, 0.4) is 0 Å². The van der Waals surface area contributed by atoms with E-state index in [9.17, 15) is 22.8 Å². The molecule has 0 spiro atoms. The molecule has 8 nitrogen and oxygen atoms in total. The van der Waals surface area contributed by atoms with Crippen molar-refractivity contribution in [2.24, 2.45) is 11.8 Å². The monoisotopic (exact) mass is 419 g/mol. The van der Waals surface area contributed by atoms with Crippen LogP contribution in [-0.4, -0.2) is 50.7 Å². The molecule has 1 aliphatic heterocycles. The summed E-state index contributed by atoms with van der Waals surface area (Å²) in [6.45, 7) is 3.24. The molecule has 29 heavy (non-hydrogen) atoms. The summed E-state index contributed by atoms with van der Waals surface area (Å²) in [5.41, 5.74) is 1.47. The highest BCUT2D eigenvalue weighted by Crippen LogP contribution is 2.34. The maximum atomic E-state index is 12.4. The van der Waals surface area contributed by atoms with Crippen molar-refractivity contribution in [2.45, 2.75) is 31.6 Å². The molecule has 0 bridgehead atoms. The van der Waals surface area contributed by atoms with Gasteiger partial charge in [0.25, 0.3) is 0 Å². The minimum absolute atomic E-state index is 0.00147. The van der Waals surface area contributed by atoms with Gasteiger partial charge < -0.3 is 5.32 Å². The number of nitrogens with one attached hydrogen (secondary N) is 2. The van der Waals surface area contributed by atoms with Crippen molar-refractivity contribution in [3.63, 3.8) is 0 Å². The van der Waals surface area contributed by atoms with Crippen LogP contribution in [-0.2, 0) is 24.4 Å². The SMILES string of the molecule is Cc1ccc(C)c(S(=O)(=O)NCCNC(=O)CN2C(=O)C3CC=CCC3C2=O)c1. The molecule has 1 aromatic carbocycles. The summed E-state index contributed by atoms with van der Waals surface area (Å²) in [5.74, 6) is -1.86. The Morgan fingerprint density at radius 3 is 2.31 bits per heavy atom. The van der Waals surface area contributed by atoms with Gasteiger partial charge in [0, 0.05) is 13.1 Å². The molecule has 1 heterocycles. The number of benzene rings is 1. The molecular weight excluding hydrogens is 394 g/mol. The highest BCUT2D eigenvalue weighted by atomic mass is 32.2. The summed E-state index contributed by atoms with van der Waals surface area (Å²) >= 11 is 0. The van der Waals surface area contributed by atoms with Crippen molar-refractivity contribution in [2.75, 3.05) is 19.6 Å². The largest absolute Gasteiger partial charge is 0.353 e. The highest BCUT2D eigenvalue weighted by Gasteiger charge is 2.47. The lowest BCUT2D eigenvalue weighted by molar-refractivity contribution is -0.143. The van der Waals surface area contributed by atoms with Gasteiger partial charge >= 0.3 is 0 Å². The van der Waals surface area contributed by atoms with Gasteiger partial charge in [0.2, 0.25) is 27.7 Å². The first-order chi connectivity index (χ1) is 13.7. The summed E-state index contributed by atoms with van der Waals surface area (Å²) in [5, 5.41) is 2.55. The van der Waals surface area contributed by atoms with Crippen molar-refractivity contribution in [1.29, 1.82) is 0 Å². The summed E-state index contributed by atoms with van der Waals surface area (Å²) < 4.78 is 27.3. The lowest BCUT2D eigenvalue weighted by Gasteiger charge is -2.15. The van der Waals surface area contributed by atoms with Crippen molar-refractivity contribution < 1.29 is 22.8 Å². The van der Waals surface area contributed by atoms with Crippen LogP contribution in [0.1, 0.15) is 24.0 Å². The van der Waals surface area contributed by atoms with Gasteiger partial charge in [-0.3, -0.25) is 19.3 Å². The average Bonchev–Trinajstić information content (AvgIpc) is 2.92. The fraction of sp³-hybridized carbons (Fsp3) is 0.450. The minimum atomic E-state index is -3.69. The van der Waals surface area contributed by atoms with Crippen molar-refractivity contribution >= 4 is 27.7 Å². The Morgan fingerprint density at radius 1 is 1.07 bits per heavy atom. The molecular formula is C20H25N3O5S. The maximum Gasteiger partial charge on any atom is 0.240 e. The Morgan fingerprint density at radius 2 is 1.69 bits per heavy atom. The van der Waals surface area contributed by atoms with Gasteiger partial charge in [0.1, 0.15) is 6.54 Å². The van der Waals surface area contributed by atoms with Gasteiger partial charge in [0.15, 0.2) is 0 Å². The number of rotatable bonds is 7. The van der Waals surface area contributed by atoms with E-state index in [1.807, 2.05) is 25.1 Å². The van der Waals surface area contributed by atoms with Crippen LogP contribution in [0.2, 0.25) is 0 Å². The third-order valence-corrected chi connectivity index (χ3v) is 6.88. The molecule has 2 atom stereocenters. The van der Waals surface area contributed by atoms with Gasteiger partial charge in [-0.2, -0.15) is 0 Å². The van der Waals surface area contributed by atoms with E-state index in [2.05, 4.69) is 10.0 Å². The van der Waals surface area contributed by atoms with E-state index in [0.29, 0.717) is 18.4 Å². The number of hydrogen-bond donors (Lipinski definition) is 2.